The maximum absolute atomic E-state index is 11.9. The van der Waals surface area contributed by atoms with E-state index in [4.69, 9.17) is 5.73 Å². The molecule has 0 aliphatic carbocycles. The van der Waals surface area contributed by atoms with Gasteiger partial charge in [-0.15, -0.1) is 0 Å². The lowest BCUT2D eigenvalue weighted by molar-refractivity contribution is -0.122. The highest BCUT2D eigenvalue weighted by Crippen LogP contribution is 2.31. The highest BCUT2D eigenvalue weighted by Gasteiger charge is 2.27. The van der Waals surface area contributed by atoms with Crippen molar-refractivity contribution in [2.75, 3.05) is 25.4 Å². The van der Waals surface area contributed by atoms with Gasteiger partial charge < -0.3 is 11.1 Å². The second kappa shape index (κ2) is 7.50. The predicted octanol–water partition coefficient (Wildman–Crippen LogP) is 1.45. The molecular formula is C14H29N3OS. The molecule has 1 aliphatic heterocycles. The maximum Gasteiger partial charge on any atom is 0.221 e. The molecule has 0 aromatic carbocycles. The zero-order chi connectivity index (χ0) is 14.5. The number of amides is 1. The lowest BCUT2D eigenvalue weighted by Crippen LogP contribution is -2.45. The molecule has 0 spiro atoms. The minimum absolute atomic E-state index is 0.113. The van der Waals surface area contributed by atoms with Crippen molar-refractivity contribution in [3.8, 4) is 0 Å². The van der Waals surface area contributed by atoms with Gasteiger partial charge in [-0.1, -0.05) is 13.8 Å². The van der Waals surface area contributed by atoms with E-state index >= 15 is 0 Å². The third kappa shape index (κ3) is 6.15. The number of hydrogen-bond donors (Lipinski definition) is 2. The van der Waals surface area contributed by atoms with Gasteiger partial charge >= 0.3 is 0 Å². The molecule has 3 N–H and O–H groups in total. The Hall–Kier alpha value is -0.260. The summed E-state index contributed by atoms with van der Waals surface area (Å²) in [7, 11) is 0. The lowest BCUT2D eigenvalue weighted by atomic mass is 10.1. The highest BCUT2D eigenvalue weighted by atomic mass is 32.2. The Morgan fingerprint density at radius 1 is 1.42 bits per heavy atom. The van der Waals surface area contributed by atoms with Gasteiger partial charge in [-0.05, 0) is 26.8 Å². The molecule has 1 atom stereocenters. The Morgan fingerprint density at radius 3 is 2.68 bits per heavy atom. The average molecular weight is 287 g/mol. The number of rotatable bonds is 5. The molecule has 5 heteroatoms. The van der Waals surface area contributed by atoms with Crippen molar-refractivity contribution < 1.29 is 4.79 Å². The van der Waals surface area contributed by atoms with Gasteiger partial charge in [0.05, 0.1) is 0 Å². The molecule has 0 bridgehead atoms. The summed E-state index contributed by atoms with van der Waals surface area (Å²) >= 11 is 2.02. The van der Waals surface area contributed by atoms with Crippen molar-refractivity contribution in [3.63, 3.8) is 0 Å². The van der Waals surface area contributed by atoms with E-state index in [1.807, 2.05) is 25.6 Å². The van der Waals surface area contributed by atoms with Gasteiger partial charge in [-0.3, -0.25) is 9.69 Å². The van der Waals surface area contributed by atoms with Crippen molar-refractivity contribution in [2.24, 2.45) is 5.73 Å². The van der Waals surface area contributed by atoms with E-state index in [0.29, 0.717) is 17.7 Å². The number of thioether (sulfide) groups is 1. The van der Waals surface area contributed by atoms with Crippen molar-refractivity contribution in [2.45, 2.75) is 57.4 Å². The summed E-state index contributed by atoms with van der Waals surface area (Å²) in [5.74, 6) is 1.23. The first-order chi connectivity index (χ1) is 8.84. The molecule has 1 amide bonds. The summed E-state index contributed by atoms with van der Waals surface area (Å²) in [6.45, 7) is 11.2. The van der Waals surface area contributed by atoms with E-state index in [1.165, 1.54) is 0 Å². The standard InChI is InChI=1S/C14H29N3OS/c1-11(2)16-13(18)9-12(10-15)17-6-5-14(3,4)19-8-7-17/h11-12H,5-10,15H2,1-4H3,(H,16,18). The number of nitrogens with zero attached hydrogens (tertiary/aromatic N) is 1. The Balaban J connectivity index is 2.52. The van der Waals surface area contributed by atoms with Crippen LogP contribution in [0.2, 0.25) is 0 Å². The molecule has 0 radical (unpaired) electrons. The largest absolute Gasteiger partial charge is 0.354 e. The topological polar surface area (TPSA) is 58.4 Å². The number of nitrogens with two attached hydrogens (primary N) is 1. The fraction of sp³-hybridized carbons (Fsp3) is 0.929. The zero-order valence-electron chi connectivity index (χ0n) is 12.7. The smallest absolute Gasteiger partial charge is 0.221 e. The normalized spacial score (nSPS) is 22.0. The molecule has 1 unspecified atom stereocenters. The van der Waals surface area contributed by atoms with Crippen molar-refractivity contribution >= 4 is 17.7 Å². The molecule has 0 saturated carbocycles. The number of hydrogen-bond acceptors (Lipinski definition) is 4. The van der Waals surface area contributed by atoms with Gasteiger partial charge in [0, 0.05) is 42.1 Å². The number of carbonyl (C=O) groups excluding carboxylic acids is 1. The zero-order valence-corrected chi connectivity index (χ0v) is 13.6. The van der Waals surface area contributed by atoms with E-state index in [0.717, 1.165) is 25.3 Å². The van der Waals surface area contributed by atoms with Crippen LogP contribution >= 0.6 is 11.8 Å². The fourth-order valence-corrected chi connectivity index (χ4v) is 3.47. The van der Waals surface area contributed by atoms with E-state index in [1.54, 1.807) is 0 Å². The van der Waals surface area contributed by atoms with E-state index in [9.17, 15) is 4.79 Å². The number of carbonyl (C=O) groups is 1. The lowest BCUT2D eigenvalue weighted by Gasteiger charge is -2.30. The fourth-order valence-electron chi connectivity index (χ4n) is 2.36. The van der Waals surface area contributed by atoms with Crippen molar-refractivity contribution in [3.05, 3.63) is 0 Å². The van der Waals surface area contributed by atoms with Crippen LogP contribution in [-0.2, 0) is 4.79 Å². The van der Waals surface area contributed by atoms with Crippen LogP contribution < -0.4 is 11.1 Å². The minimum atomic E-state index is 0.113. The monoisotopic (exact) mass is 287 g/mol. The number of nitrogens with one attached hydrogen (secondary N) is 1. The van der Waals surface area contributed by atoms with Gasteiger partial charge in [0.2, 0.25) is 5.91 Å². The second-order valence-electron chi connectivity index (χ2n) is 6.21. The van der Waals surface area contributed by atoms with E-state index < -0.39 is 0 Å². The summed E-state index contributed by atoms with van der Waals surface area (Å²) in [6, 6.07) is 0.373. The van der Waals surface area contributed by atoms with E-state index in [-0.39, 0.29) is 18.0 Å². The third-order valence-electron chi connectivity index (χ3n) is 3.53. The van der Waals surface area contributed by atoms with Gasteiger partial charge in [-0.2, -0.15) is 11.8 Å². The van der Waals surface area contributed by atoms with Crippen LogP contribution in [0.25, 0.3) is 0 Å². The maximum atomic E-state index is 11.9. The summed E-state index contributed by atoms with van der Waals surface area (Å²) < 4.78 is 0.341. The molecule has 1 saturated heterocycles. The molecular weight excluding hydrogens is 258 g/mol. The first-order valence-corrected chi connectivity index (χ1v) is 8.20. The summed E-state index contributed by atoms with van der Waals surface area (Å²) in [4.78, 5) is 14.3. The van der Waals surface area contributed by atoms with Crippen LogP contribution in [0, 0.1) is 0 Å². The van der Waals surface area contributed by atoms with Crippen LogP contribution in [-0.4, -0.2) is 53.0 Å². The van der Waals surface area contributed by atoms with Crippen LogP contribution in [0.4, 0.5) is 0 Å². The van der Waals surface area contributed by atoms with Crippen LogP contribution in [0.3, 0.4) is 0 Å². The minimum Gasteiger partial charge on any atom is -0.354 e. The van der Waals surface area contributed by atoms with Crippen LogP contribution in [0.15, 0.2) is 0 Å². The Labute approximate surface area is 121 Å². The highest BCUT2D eigenvalue weighted by molar-refractivity contribution is 8.00. The van der Waals surface area contributed by atoms with Gasteiger partial charge in [0.15, 0.2) is 0 Å². The molecule has 1 aliphatic rings. The van der Waals surface area contributed by atoms with Gasteiger partial charge in [-0.25, -0.2) is 0 Å². The first-order valence-electron chi connectivity index (χ1n) is 7.21. The Morgan fingerprint density at radius 2 is 2.11 bits per heavy atom. The Kier molecular flexibility index (Phi) is 6.63. The molecule has 4 nitrogen and oxygen atoms in total. The molecule has 1 fully saturated rings. The summed E-state index contributed by atoms with van der Waals surface area (Å²) in [5.41, 5.74) is 5.87. The summed E-state index contributed by atoms with van der Waals surface area (Å²) in [5, 5.41) is 2.95. The van der Waals surface area contributed by atoms with E-state index in [2.05, 4.69) is 24.1 Å². The molecule has 1 rings (SSSR count). The molecule has 0 aromatic heterocycles. The Bertz CT molecular complexity index is 294. The quantitative estimate of drug-likeness (QED) is 0.803. The van der Waals surface area contributed by atoms with Crippen LogP contribution in [0.5, 0.6) is 0 Å². The summed E-state index contributed by atoms with van der Waals surface area (Å²) in [6.07, 6.45) is 1.67. The second-order valence-corrected chi connectivity index (χ2v) is 8.01. The SMILES string of the molecule is CC(C)NC(=O)CC(CN)N1CCSC(C)(C)CC1. The molecule has 0 aromatic rings. The first kappa shape index (κ1) is 16.8. The third-order valence-corrected chi connectivity index (χ3v) is 4.90. The predicted molar refractivity (Wildman–Crippen MR) is 83.5 cm³/mol. The van der Waals surface area contributed by atoms with Crippen LogP contribution in [0.1, 0.15) is 40.5 Å². The van der Waals surface area contributed by atoms with Gasteiger partial charge in [0.1, 0.15) is 0 Å². The van der Waals surface area contributed by atoms with Gasteiger partial charge in [0.25, 0.3) is 0 Å². The van der Waals surface area contributed by atoms with Crippen molar-refractivity contribution in [1.29, 1.82) is 0 Å². The molecule has 1 heterocycles. The average Bonchev–Trinajstić information content (AvgIpc) is 2.46. The van der Waals surface area contributed by atoms with Crippen molar-refractivity contribution in [1.82, 2.24) is 10.2 Å². The molecule has 19 heavy (non-hydrogen) atoms. The molecule has 112 valence electrons.